The molecule has 2 aromatic carbocycles. The van der Waals surface area contributed by atoms with E-state index in [1.807, 2.05) is 34.8 Å². The summed E-state index contributed by atoms with van der Waals surface area (Å²) in [5.74, 6) is 0. The van der Waals surface area contributed by atoms with Crippen molar-refractivity contribution >= 4 is 45.2 Å². The normalized spacial score (nSPS) is 11.0. The summed E-state index contributed by atoms with van der Waals surface area (Å²) in [6.07, 6.45) is 0. The van der Waals surface area contributed by atoms with E-state index >= 15 is 0 Å². The van der Waals surface area contributed by atoms with Crippen LogP contribution in [0.3, 0.4) is 0 Å². The molecule has 0 aliphatic carbocycles. The van der Waals surface area contributed by atoms with Gasteiger partial charge in [0.1, 0.15) is 0 Å². The van der Waals surface area contributed by atoms with Crippen LogP contribution >= 0.6 is 22.7 Å². The van der Waals surface area contributed by atoms with E-state index in [1.165, 1.54) is 18.7 Å². The fourth-order valence-corrected chi connectivity index (χ4v) is 7.96. The molecular formula is C20H16N2S2Se. The molecule has 0 fully saturated rings. The molecule has 2 heterocycles. The number of aromatic nitrogens is 2. The number of aryl methyl sites for hydroxylation is 2. The molecule has 0 aliphatic rings. The molecule has 25 heavy (non-hydrogen) atoms. The van der Waals surface area contributed by atoms with E-state index in [4.69, 9.17) is 9.97 Å². The Labute approximate surface area is 161 Å². The first-order chi connectivity index (χ1) is 12.2. The molecule has 0 bridgehead atoms. The fourth-order valence-electron chi connectivity index (χ4n) is 2.45. The third kappa shape index (κ3) is 3.60. The van der Waals surface area contributed by atoms with Crippen LogP contribution in [0.1, 0.15) is 11.4 Å². The van der Waals surface area contributed by atoms with Gasteiger partial charge in [0.25, 0.3) is 0 Å². The van der Waals surface area contributed by atoms with Crippen molar-refractivity contribution < 1.29 is 0 Å². The second kappa shape index (κ2) is 7.22. The Morgan fingerprint density at radius 3 is 1.44 bits per heavy atom. The molecule has 0 amide bonds. The predicted molar refractivity (Wildman–Crippen MR) is 110 cm³/mol. The number of hydrogen-bond donors (Lipinski definition) is 0. The number of nitrogens with zero attached hydrogens (tertiary/aromatic N) is 2. The van der Waals surface area contributed by atoms with Gasteiger partial charge >= 0.3 is 162 Å². The van der Waals surface area contributed by atoms with Gasteiger partial charge in [0.15, 0.2) is 0 Å². The Hall–Kier alpha value is -1.78. The Morgan fingerprint density at radius 2 is 1.04 bits per heavy atom. The summed E-state index contributed by atoms with van der Waals surface area (Å²) >= 11 is 3.89. The van der Waals surface area contributed by atoms with E-state index in [0.717, 1.165) is 21.4 Å². The van der Waals surface area contributed by atoms with Crippen LogP contribution < -0.4 is 7.55 Å². The summed E-state index contributed by atoms with van der Waals surface area (Å²) < 4.78 is 2.77. The Morgan fingerprint density at radius 1 is 0.640 bits per heavy atom. The maximum absolute atomic E-state index is 4.79. The van der Waals surface area contributed by atoms with Gasteiger partial charge in [0, 0.05) is 0 Å². The van der Waals surface area contributed by atoms with Crippen LogP contribution in [0.4, 0.5) is 0 Å². The Balaban J connectivity index is 1.63. The fraction of sp³-hybridized carbons (Fsp3) is 0.100. The van der Waals surface area contributed by atoms with Crippen LogP contribution in [0.5, 0.6) is 0 Å². The first-order valence-electron chi connectivity index (χ1n) is 7.94. The van der Waals surface area contributed by atoms with Crippen molar-refractivity contribution in [2.75, 3.05) is 0 Å². The van der Waals surface area contributed by atoms with Gasteiger partial charge in [0.05, 0.1) is 0 Å². The van der Waals surface area contributed by atoms with Gasteiger partial charge in [-0.05, 0) is 0 Å². The molecule has 4 rings (SSSR count). The van der Waals surface area contributed by atoms with E-state index in [-0.39, 0.29) is 15.0 Å². The van der Waals surface area contributed by atoms with Gasteiger partial charge < -0.3 is 0 Å². The number of rotatable bonds is 4. The molecule has 0 saturated carbocycles. The van der Waals surface area contributed by atoms with Crippen molar-refractivity contribution in [2.45, 2.75) is 13.8 Å². The number of thiazole rings is 2. The molecule has 0 N–H and O–H groups in total. The van der Waals surface area contributed by atoms with Gasteiger partial charge in [0.2, 0.25) is 0 Å². The van der Waals surface area contributed by atoms with Crippen LogP contribution in [-0.4, -0.2) is 24.9 Å². The van der Waals surface area contributed by atoms with Gasteiger partial charge in [-0.1, -0.05) is 0 Å². The first kappa shape index (κ1) is 16.7. The van der Waals surface area contributed by atoms with Crippen molar-refractivity contribution in [2.24, 2.45) is 0 Å². The zero-order valence-electron chi connectivity index (χ0n) is 13.9. The third-order valence-electron chi connectivity index (χ3n) is 3.73. The summed E-state index contributed by atoms with van der Waals surface area (Å²) in [6.45, 7) is 4.24. The molecular weight excluding hydrogens is 411 g/mol. The average Bonchev–Trinajstić information content (AvgIpc) is 3.20. The monoisotopic (exact) mass is 428 g/mol. The van der Waals surface area contributed by atoms with E-state index < -0.39 is 0 Å². The average molecular weight is 427 g/mol. The summed E-state index contributed by atoms with van der Waals surface area (Å²) in [5, 5.41) is 2.22. The minimum atomic E-state index is 0.254. The SMILES string of the molecule is Cc1nc(-c2ccccc2)sc1[Se]c1sc(-c2ccccc2)nc1C. The van der Waals surface area contributed by atoms with Crippen LogP contribution in [-0.2, 0) is 0 Å². The van der Waals surface area contributed by atoms with E-state index in [2.05, 4.69) is 62.4 Å². The summed E-state index contributed by atoms with van der Waals surface area (Å²) in [6, 6.07) is 20.8. The van der Waals surface area contributed by atoms with Crippen molar-refractivity contribution in [3.8, 4) is 21.1 Å². The third-order valence-corrected chi connectivity index (χ3v) is 9.67. The maximum atomic E-state index is 4.79. The molecule has 0 radical (unpaired) electrons. The zero-order chi connectivity index (χ0) is 17.2. The minimum absolute atomic E-state index is 0.254. The Bertz CT molecular complexity index is 909. The molecule has 5 heteroatoms. The van der Waals surface area contributed by atoms with Crippen molar-refractivity contribution in [3.63, 3.8) is 0 Å². The van der Waals surface area contributed by atoms with Crippen LogP contribution in [0.15, 0.2) is 60.7 Å². The molecule has 4 aromatic rings. The topological polar surface area (TPSA) is 25.8 Å². The summed E-state index contributed by atoms with van der Waals surface area (Å²) in [5.41, 5.74) is 4.70. The van der Waals surface area contributed by atoms with Gasteiger partial charge in [-0.2, -0.15) is 0 Å². The quantitative estimate of drug-likeness (QED) is 0.456. The van der Waals surface area contributed by atoms with E-state index in [0.29, 0.717) is 0 Å². The van der Waals surface area contributed by atoms with Crippen LogP contribution in [0.25, 0.3) is 21.1 Å². The Kier molecular flexibility index (Phi) is 4.82. The summed E-state index contributed by atoms with van der Waals surface area (Å²) in [4.78, 5) is 9.58. The molecule has 0 unspecified atom stereocenters. The van der Waals surface area contributed by atoms with E-state index in [1.54, 1.807) is 0 Å². The van der Waals surface area contributed by atoms with Crippen molar-refractivity contribution in [1.82, 2.24) is 9.97 Å². The van der Waals surface area contributed by atoms with Gasteiger partial charge in [-0.15, -0.1) is 0 Å². The van der Waals surface area contributed by atoms with Crippen molar-refractivity contribution in [1.29, 1.82) is 0 Å². The second-order valence-electron chi connectivity index (χ2n) is 5.62. The van der Waals surface area contributed by atoms with Crippen LogP contribution in [0.2, 0.25) is 0 Å². The first-order valence-corrected chi connectivity index (χ1v) is 11.3. The zero-order valence-corrected chi connectivity index (χ0v) is 17.2. The van der Waals surface area contributed by atoms with E-state index in [9.17, 15) is 0 Å². The second-order valence-corrected chi connectivity index (χ2v) is 10.9. The molecule has 124 valence electrons. The molecule has 2 nitrogen and oxygen atoms in total. The predicted octanol–water partition coefficient (Wildman–Crippen LogP) is 4.21. The van der Waals surface area contributed by atoms with Gasteiger partial charge in [-0.25, -0.2) is 0 Å². The molecule has 0 aliphatic heterocycles. The number of benzene rings is 2. The standard InChI is InChI=1S/C20H16N2S2Se/c1-13-19(23-17(21-13)15-9-5-3-6-10-15)25-20-14(2)22-18(24-20)16-11-7-4-8-12-16/h3-12H,1-2H3. The molecule has 0 atom stereocenters. The molecule has 0 spiro atoms. The van der Waals surface area contributed by atoms with Crippen molar-refractivity contribution in [3.05, 3.63) is 72.1 Å². The molecule has 0 saturated heterocycles. The molecule has 2 aromatic heterocycles. The van der Waals surface area contributed by atoms with Gasteiger partial charge in [-0.3, -0.25) is 0 Å². The van der Waals surface area contributed by atoms with Crippen LogP contribution in [0, 0.1) is 13.8 Å². The summed E-state index contributed by atoms with van der Waals surface area (Å²) in [7, 11) is 0. The number of hydrogen-bond acceptors (Lipinski definition) is 4.